The van der Waals surface area contributed by atoms with Crippen molar-refractivity contribution in [2.45, 2.75) is 0 Å². The molecular formula is C24H20CrO4P2. The molecule has 0 atom stereocenters. The Kier molecular flexibility index (Phi) is 9.23. The van der Waals surface area contributed by atoms with E-state index in [2.05, 4.69) is 0 Å². The summed E-state index contributed by atoms with van der Waals surface area (Å²) in [7, 11) is -7.29. The van der Waals surface area contributed by atoms with E-state index in [-0.39, 0.29) is 17.4 Å². The first-order valence-electron chi connectivity index (χ1n) is 9.27. The molecule has 0 heterocycles. The molecule has 0 spiro atoms. The molecule has 0 aliphatic carbocycles. The molecule has 0 fully saturated rings. The first kappa shape index (κ1) is 25.1. The molecule has 4 aromatic carbocycles. The van der Waals surface area contributed by atoms with Crippen LogP contribution in [0.5, 0.6) is 0 Å². The third kappa shape index (κ3) is 6.39. The zero-order valence-corrected chi connectivity index (χ0v) is 19.5. The van der Waals surface area contributed by atoms with Crippen molar-refractivity contribution >= 4 is 36.0 Å². The van der Waals surface area contributed by atoms with Crippen LogP contribution in [0.2, 0.25) is 0 Å². The molecule has 0 amide bonds. The third-order valence-electron chi connectivity index (χ3n) is 4.38. The van der Waals surface area contributed by atoms with E-state index in [1.165, 1.54) is 0 Å². The molecule has 0 bridgehead atoms. The summed E-state index contributed by atoms with van der Waals surface area (Å²) in [5, 5.41) is 1.43. The summed E-state index contributed by atoms with van der Waals surface area (Å²) in [6, 6.07) is 33.9. The number of rotatable bonds is 4. The van der Waals surface area contributed by atoms with E-state index in [0.29, 0.717) is 21.2 Å². The average Bonchev–Trinajstić information content (AvgIpc) is 2.82. The van der Waals surface area contributed by atoms with Crippen LogP contribution in [-0.4, -0.2) is 0 Å². The van der Waals surface area contributed by atoms with E-state index in [1.807, 2.05) is 0 Å². The van der Waals surface area contributed by atoms with Crippen LogP contribution in [0.4, 0.5) is 0 Å². The van der Waals surface area contributed by atoms with Gasteiger partial charge >= 0.3 is 17.4 Å². The van der Waals surface area contributed by atoms with Crippen LogP contribution in [0.25, 0.3) is 0 Å². The molecule has 4 aromatic rings. The average molecular weight is 486 g/mol. The Morgan fingerprint density at radius 1 is 0.387 bits per heavy atom. The van der Waals surface area contributed by atoms with Gasteiger partial charge in [0.25, 0.3) is 0 Å². The van der Waals surface area contributed by atoms with Gasteiger partial charge in [-0.2, -0.15) is 0 Å². The fraction of sp³-hybridized carbons (Fsp3) is 0. The summed E-state index contributed by atoms with van der Waals surface area (Å²) in [6.07, 6.45) is 0. The van der Waals surface area contributed by atoms with Crippen LogP contribution in [0.3, 0.4) is 0 Å². The van der Waals surface area contributed by atoms with Crippen LogP contribution in [-0.2, 0) is 26.5 Å². The van der Waals surface area contributed by atoms with Crippen molar-refractivity contribution in [2.24, 2.45) is 0 Å². The fourth-order valence-corrected chi connectivity index (χ4v) is 5.65. The van der Waals surface area contributed by atoms with Gasteiger partial charge in [-0.1, -0.05) is 121 Å². The Hall–Kier alpha value is -2.21. The van der Waals surface area contributed by atoms with Gasteiger partial charge in [0, 0.05) is 21.2 Å². The summed E-state index contributed by atoms with van der Waals surface area (Å²) >= 11 is 0. The maximum absolute atomic E-state index is 12.1. The van der Waals surface area contributed by atoms with E-state index in [0.717, 1.165) is 0 Å². The molecule has 0 N–H and O–H groups in total. The van der Waals surface area contributed by atoms with Gasteiger partial charge in [-0.15, -0.1) is 0 Å². The van der Waals surface area contributed by atoms with Crippen molar-refractivity contribution in [3.63, 3.8) is 0 Å². The predicted molar refractivity (Wildman–Crippen MR) is 120 cm³/mol. The summed E-state index contributed by atoms with van der Waals surface area (Å²) < 4.78 is 24.1. The summed E-state index contributed by atoms with van der Waals surface area (Å²) in [4.78, 5) is 24.1. The zero-order chi connectivity index (χ0) is 21.5. The van der Waals surface area contributed by atoms with Gasteiger partial charge in [0.15, 0.2) is 0 Å². The van der Waals surface area contributed by atoms with Crippen LogP contribution in [0.15, 0.2) is 121 Å². The van der Waals surface area contributed by atoms with Crippen molar-refractivity contribution in [2.75, 3.05) is 0 Å². The molecule has 0 aromatic heterocycles. The second-order valence-electron chi connectivity index (χ2n) is 6.45. The largest absolute Gasteiger partial charge is 2.00 e. The minimum absolute atomic E-state index is 0. The monoisotopic (exact) mass is 486 g/mol. The number of hydrogen-bond donors (Lipinski definition) is 0. The smallest absolute Gasteiger partial charge is 0.793 e. The molecule has 0 aliphatic heterocycles. The molecule has 0 saturated carbocycles. The van der Waals surface area contributed by atoms with Crippen LogP contribution < -0.4 is 31.0 Å². The molecule has 31 heavy (non-hydrogen) atoms. The van der Waals surface area contributed by atoms with Crippen LogP contribution >= 0.6 is 14.7 Å². The van der Waals surface area contributed by atoms with Crippen molar-refractivity contribution in [3.8, 4) is 0 Å². The number of benzene rings is 4. The van der Waals surface area contributed by atoms with Crippen molar-refractivity contribution in [3.05, 3.63) is 121 Å². The van der Waals surface area contributed by atoms with E-state index in [4.69, 9.17) is 0 Å². The molecular weight excluding hydrogens is 466 g/mol. The summed E-state index contributed by atoms with van der Waals surface area (Å²) in [5.74, 6) is 0. The van der Waals surface area contributed by atoms with E-state index >= 15 is 0 Å². The quantitative estimate of drug-likeness (QED) is 0.416. The Balaban J connectivity index is 0.000000213. The van der Waals surface area contributed by atoms with E-state index in [1.54, 1.807) is 121 Å². The van der Waals surface area contributed by atoms with Gasteiger partial charge in [0.1, 0.15) is 0 Å². The normalized spacial score (nSPS) is 10.9. The molecule has 4 nitrogen and oxygen atoms in total. The molecule has 0 radical (unpaired) electrons. The topological polar surface area (TPSA) is 80.3 Å². The third-order valence-corrected chi connectivity index (χ3v) is 8.30. The first-order valence-corrected chi connectivity index (χ1v) is 12.5. The second kappa shape index (κ2) is 11.4. The number of hydrogen-bond acceptors (Lipinski definition) is 4. The standard InChI is InChI=1S/2C12H11O2P.Cr/c2*13-15(14,11-7-3-1-4-8-11)12-9-5-2-6-10-12;/h2*1-10H,(H,13,14);/q;;+2/p-2. The van der Waals surface area contributed by atoms with Gasteiger partial charge < -0.3 is 18.9 Å². The molecule has 0 aliphatic rings. The van der Waals surface area contributed by atoms with Gasteiger partial charge in [0.2, 0.25) is 0 Å². The summed E-state index contributed by atoms with van der Waals surface area (Å²) in [5.41, 5.74) is 0. The minimum Gasteiger partial charge on any atom is -0.793 e. The Morgan fingerprint density at radius 3 is 0.710 bits per heavy atom. The van der Waals surface area contributed by atoms with Gasteiger partial charge in [0.05, 0.1) is 14.7 Å². The zero-order valence-electron chi connectivity index (χ0n) is 16.5. The second-order valence-corrected chi connectivity index (χ2v) is 10.7. The molecule has 0 saturated heterocycles. The van der Waals surface area contributed by atoms with Gasteiger partial charge in [-0.05, 0) is 0 Å². The maximum Gasteiger partial charge on any atom is 2.00 e. The van der Waals surface area contributed by atoms with Crippen LogP contribution in [0.1, 0.15) is 0 Å². The molecule has 0 unspecified atom stereocenters. The summed E-state index contributed by atoms with van der Waals surface area (Å²) in [6.45, 7) is 0. The predicted octanol–water partition coefficient (Wildman–Crippen LogP) is 2.55. The Labute approximate surface area is 193 Å². The molecule has 7 heteroatoms. The first-order chi connectivity index (χ1) is 14.4. The SMILES string of the molecule is O=P([O-])(c1ccccc1)c1ccccc1.O=P([O-])(c1ccccc1)c1ccccc1.[Cr+2]. The van der Waals surface area contributed by atoms with Gasteiger partial charge in [-0.25, -0.2) is 0 Å². The van der Waals surface area contributed by atoms with E-state index < -0.39 is 14.7 Å². The van der Waals surface area contributed by atoms with Crippen LogP contribution in [0, 0.1) is 0 Å². The van der Waals surface area contributed by atoms with Crippen molar-refractivity contribution in [1.29, 1.82) is 0 Å². The molecule has 4 rings (SSSR count). The Morgan fingerprint density at radius 2 is 0.548 bits per heavy atom. The van der Waals surface area contributed by atoms with E-state index in [9.17, 15) is 18.9 Å². The van der Waals surface area contributed by atoms with Gasteiger partial charge in [-0.3, -0.25) is 0 Å². The van der Waals surface area contributed by atoms with Crippen molar-refractivity contribution < 1.29 is 36.3 Å². The maximum atomic E-state index is 12.1. The van der Waals surface area contributed by atoms with Crippen molar-refractivity contribution in [1.82, 2.24) is 0 Å². The minimum atomic E-state index is -3.65. The fourth-order valence-electron chi connectivity index (χ4n) is 2.80. The molecule has 156 valence electrons. The Bertz CT molecular complexity index is 973.